The van der Waals surface area contributed by atoms with Gasteiger partial charge in [0.2, 0.25) is 5.91 Å². The molecule has 1 aliphatic heterocycles. The first-order valence-corrected chi connectivity index (χ1v) is 12.5. The monoisotopic (exact) mass is 485 g/mol. The van der Waals surface area contributed by atoms with Gasteiger partial charge in [0.05, 0.1) is 11.2 Å². The van der Waals surface area contributed by atoms with Crippen LogP contribution in [0.1, 0.15) is 30.7 Å². The number of halogens is 1. The molecule has 36 heavy (non-hydrogen) atoms. The van der Waals surface area contributed by atoms with Crippen LogP contribution in [-0.4, -0.2) is 43.2 Å². The van der Waals surface area contributed by atoms with Crippen molar-refractivity contribution in [1.82, 2.24) is 24.2 Å². The number of hydrogen-bond donors (Lipinski definition) is 0. The highest BCUT2D eigenvalue weighted by Gasteiger charge is 2.37. The van der Waals surface area contributed by atoms with Gasteiger partial charge in [0.1, 0.15) is 11.6 Å². The summed E-state index contributed by atoms with van der Waals surface area (Å²) in [5.41, 5.74) is 3.30. The lowest BCUT2D eigenvalue weighted by Crippen LogP contribution is -2.30. The van der Waals surface area contributed by atoms with Crippen molar-refractivity contribution in [2.45, 2.75) is 32.6 Å². The van der Waals surface area contributed by atoms with Crippen molar-refractivity contribution in [1.29, 1.82) is 0 Å². The predicted molar refractivity (Wildman–Crippen MR) is 135 cm³/mol. The smallest absolute Gasteiger partial charge is 0.342 e. The summed E-state index contributed by atoms with van der Waals surface area (Å²) in [5.74, 6) is 0.677. The highest BCUT2D eigenvalue weighted by atomic mass is 19.1. The van der Waals surface area contributed by atoms with Crippen LogP contribution in [0.25, 0.3) is 27.7 Å². The van der Waals surface area contributed by atoms with E-state index in [9.17, 15) is 9.59 Å². The quantitative estimate of drug-likeness (QED) is 0.428. The molecule has 2 aliphatic rings. The van der Waals surface area contributed by atoms with E-state index in [0.717, 1.165) is 47.8 Å². The third-order valence-corrected chi connectivity index (χ3v) is 7.33. The Labute approximate surface area is 208 Å². The topological polar surface area (TPSA) is 73.0 Å². The molecule has 184 valence electrons. The van der Waals surface area contributed by atoms with Crippen LogP contribution < -0.4 is 5.69 Å². The molecule has 0 spiro atoms. The Morgan fingerprint density at radius 2 is 1.86 bits per heavy atom. The molecule has 1 unspecified atom stereocenters. The number of rotatable bonds is 5. The van der Waals surface area contributed by atoms with E-state index in [2.05, 4.69) is 16.1 Å². The minimum Gasteiger partial charge on any atom is -0.342 e. The van der Waals surface area contributed by atoms with E-state index >= 15 is 4.39 Å². The molecule has 0 radical (unpaired) electrons. The van der Waals surface area contributed by atoms with E-state index < -0.39 is 5.82 Å². The second-order valence-corrected chi connectivity index (χ2v) is 10.2. The molecular formula is C28H28FN5O2. The Bertz CT molecular complexity index is 1550. The Kier molecular flexibility index (Phi) is 5.47. The fraction of sp³-hybridized carbons (Fsp3) is 0.357. The summed E-state index contributed by atoms with van der Waals surface area (Å²) in [6, 6.07) is 12.9. The summed E-state index contributed by atoms with van der Waals surface area (Å²) < 4.78 is 18.1. The zero-order valence-electron chi connectivity index (χ0n) is 20.4. The molecule has 4 aromatic rings. The molecule has 2 aromatic carbocycles. The maximum absolute atomic E-state index is 15.5. The van der Waals surface area contributed by atoms with E-state index in [4.69, 9.17) is 0 Å². The number of hydrogen-bond acceptors (Lipinski definition) is 4. The van der Waals surface area contributed by atoms with Gasteiger partial charge in [0, 0.05) is 44.1 Å². The number of aryl methyl sites for hydroxylation is 2. The highest BCUT2D eigenvalue weighted by Crippen LogP contribution is 2.33. The molecule has 3 heterocycles. The fourth-order valence-electron chi connectivity index (χ4n) is 5.21. The van der Waals surface area contributed by atoms with Crippen LogP contribution in [0.15, 0.2) is 53.5 Å². The minimum atomic E-state index is -0.488. The van der Waals surface area contributed by atoms with E-state index in [1.807, 2.05) is 42.3 Å². The first-order valence-electron chi connectivity index (χ1n) is 12.5. The SMILES string of the molecule is Cc1cnc2cc(-c3ccc(-n4c(CC5CCN(C(=O)C6CC6)C5)nn(C)c4=O)c(F)c3)ccc2c1. The molecule has 1 amide bonds. The summed E-state index contributed by atoms with van der Waals surface area (Å²) in [6.45, 7) is 3.40. The Morgan fingerprint density at radius 1 is 1.08 bits per heavy atom. The summed E-state index contributed by atoms with van der Waals surface area (Å²) in [6.07, 6.45) is 5.17. The Hall–Kier alpha value is -3.81. The van der Waals surface area contributed by atoms with Crippen LogP contribution in [-0.2, 0) is 18.3 Å². The van der Waals surface area contributed by atoms with Crippen molar-refractivity contribution in [3.8, 4) is 16.8 Å². The van der Waals surface area contributed by atoms with Crippen LogP contribution in [0.4, 0.5) is 4.39 Å². The molecule has 0 bridgehead atoms. The van der Waals surface area contributed by atoms with Crippen LogP contribution in [0, 0.1) is 24.6 Å². The maximum Gasteiger partial charge on any atom is 0.350 e. The number of aromatic nitrogens is 4. The Balaban J connectivity index is 1.28. The van der Waals surface area contributed by atoms with Gasteiger partial charge < -0.3 is 4.90 Å². The van der Waals surface area contributed by atoms with Gasteiger partial charge in [0.25, 0.3) is 0 Å². The van der Waals surface area contributed by atoms with Crippen molar-refractivity contribution in [2.24, 2.45) is 18.9 Å². The van der Waals surface area contributed by atoms with Crippen molar-refractivity contribution < 1.29 is 9.18 Å². The number of amides is 1. The molecule has 2 aromatic heterocycles. The number of carbonyl (C=O) groups excluding carboxylic acids is 1. The van der Waals surface area contributed by atoms with Gasteiger partial charge in [-0.2, -0.15) is 5.10 Å². The predicted octanol–water partition coefficient (Wildman–Crippen LogP) is 4.03. The normalized spacial score (nSPS) is 17.8. The third kappa shape index (κ3) is 4.10. The summed E-state index contributed by atoms with van der Waals surface area (Å²) in [7, 11) is 1.58. The van der Waals surface area contributed by atoms with Crippen LogP contribution in [0.2, 0.25) is 0 Å². The minimum absolute atomic E-state index is 0.185. The van der Waals surface area contributed by atoms with E-state index in [1.165, 1.54) is 15.3 Å². The average molecular weight is 486 g/mol. The number of pyridine rings is 1. The van der Waals surface area contributed by atoms with Gasteiger partial charge >= 0.3 is 5.69 Å². The Morgan fingerprint density at radius 3 is 2.64 bits per heavy atom. The van der Waals surface area contributed by atoms with Crippen LogP contribution >= 0.6 is 0 Å². The maximum atomic E-state index is 15.5. The fourth-order valence-corrected chi connectivity index (χ4v) is 5.21. The number of nitrogens with zero attached hydrogens (tertiary/aromatic N) is 5. The third-order valence-electron chi connectivity index (χ3n) is 7.33. The first-order chi connectivity index (χ1) is 17.4. The highest BCUT2D eigenvalue weighted by molar-refractivity contribution is 5.84. The lowest BCUT2D eigenvalue weighted by molar-refractivity contribution is -0.131. The van der Waals surface area contributed by atoms with Gasteiger partial charge in [0.15, 0.2) is 0 Å². The first kappa shape index (κ1) is 22.6. The van der Waals surface area contributed by atoms with Crippen molar-refractivity contribution >= 4 is 16.8 Å². The largest absolute Gasteiger partial charge is 0.350 e. The van der Waals surface area contributed by atoms with Crippen molar-refractivity contribution in [3.05, 3.63) is 76.4 Å². The standard InChI is InChI=1S/C28H28FN5O2/c1-17-11-22-6-5-21(14-24(22)30-15-17)20-7-8-25(23(29)13-20)34-26(31-32(2)28(34)36)12-18-9-10-33(16-18)27(35)19-3-4-19/h5-8,11,13-15,18-19H,3-4,9-10,12,16H2,1-2H3. The van der Waals surface area contributed by atoms with Gasteiger partial charge in [-0.15, -0.1) is 0 Å². The van der Waals surface area contributed by atoms with Gasteiger partial charge in [-0.25, -0.2) is 18.4 Å². The second kappa shape index (κ2) is 8.69. The molecule has 1 saturated carbocycles. The molecular weight excluding hydrogens is 457 g/mol. The number of benzene rings is 2. The molecule has 0 N–H and O–H groups in total. The summed E-state index contributed by atoms with van der Waals surface area (Å²) in [5, 5.41) is 5.45. The molecule has 1 aliphatic carbocycles. The second-order valence-electron chi connectivity index (χ2n) is 10.2. The lowest BCUT2D eigenvalue weighted by Gasteiger charge is -2.16. The molecule has 8 heteroatoms. The lowest BCUT2D eigenvalue weighted by atomic mass is 10.0. The van der Waals surface area contributed by atoms with Crippen LogP contribution in [0.3, 0.4) is 0 Å². The number of fused-ring (bicyclic) bond motifs is 1. The molecule has 2 fully saturated rings. The molecule has 1 saturated heterocycles. The van der Waals surface area contributed by atoms with Gasteiger partial charge in [-0.3, -0.25) is 9.78 Å². The summed E-state index contributed by atoms with van der Waals surface area (Å²) in [4.78, 5) is 31.8. The van der Waals surface area contributed by atoms with E-state index in [0.29, 0.717) is 24.4 Å². The van der Waals surface area contributed by atoms with Gasteiger partial charge in [-0.05, 0) is 73.1 Å². The van der Waals surface area contributed by atoms with Crippen molar-refractivity contribution in [3.63, 3.8) is 0 Å². The zero-order valence-corrected chi connectivity index (χ0v) is 20.4. The van der Waals surface area contributed by atoms with Crippen molar-refractivity contribution in [2.75, 3.05) is 13.1 Å². The summed E-state index contributed by atoms with van der Waals surface area (Å²) >= 11 is 0. The molecule has 1 atom stereocenters. The zero-order chi connectivity index (χ0) is 25.0. The molecule has 6 rings (SSSR count). The average Bonchev–Trinajstić information content (AvgIpc) is 3.55. The molecule has 7 nitrogen and oxygen atoms in total. The van der Waals surface area contributed by atoms with Gasteiger partial charge in [-0.1, -0.05) is 18.2 Å². The number of carbonyl (C=O) groups is 1. The van der Waals surface area contributed by atoms with Crippen LogP contribution in [0.5, 0.6) is 0 Å². The van der Waals surface area contributed by atoms with E-state index in [1.54, 1.807) is 13.1 Å². The van der Waals surface area contributed by atoms with E-state index in [-0.39, 0.29) is 29.1 Å². The number of likely N-dealkylation sites (tertiary alicyclic amines) is 1.